The van der Waals surface area contributed by atoms with E-state index in [0.717, 1.165) is 0 Å². The van der Waals surface area contributed by atoms with E-state index in [1.165, 1.54) is 0 Å². The summed E-state index contributed by atoms with van der Waals surface area (Å²) in [6, 6.07) is 13.9. The number of esters is 1. The summed E-state index contributed by atoms with van der Waals surface area (Å²) in [5.41, 5.74) is 1.72. The van der Waals surface area contributed by atoms with Crippen LogP contribution in [0.15, 0.2) is 48.5 Å². The van der Waals surface area contributed by atoms with Gasteiger partial charge in [-0.1, -0.05) is 29.8 Å². The van der Waals surface area contributed by atoms with Gasteiger partial charge in [0.1, 0.15) is 5.69 Å². The van der Waals surface area contributed by atoms with Gasteiger partial charge >= 0.3 is 5.97 Å². The number of ether oxygens (including phenoxy) is 1. The van der Waals surface area contributed by atoms with Gasteiger partial charge in [-0.05, 0) is 37.3 Å². The molecular formula is C18H15ClN2O3. The van der Waals surface area contributed by atoms with E-state index in [-0.39, 0.29) is 18.2 Å². The summed E-state index contributed by atoms with van der Waals surface area (Å²) in [7, 11) is 0. The third kappa shape index (κ3) is 3.12. The van der Waals surface area contributed by atoms with Gasteiger partial charge in [0.15, 0.2) is 0 Å². The Kier molecular flexibility index (Phi) is 4.53. The zero-order valence-corrected chi connectivity index (χ0v) is 13.7. The Morgan fingerprint density at radius 1 is 1.17 bits per heavy atom. The highest BCUT2D eigenvalue weighted by Crippen LogP contribution is 2.30. The first kappa shape index (κ1) is 16.1. The number of H-pyrrole nitrogens is 1. The Labute approximate surface area is 143 Å². The van der Waals surface area contributed by atoms with E-state index in [4.69, 9.17) is 16.3 Å². The molecule has 0 aliphatic heterocycles. The molecule has 0 saturated heterocycles. The molecule has 3 aromatic rings. The summed E-state index contributed by atoms with van der Waals surface area (Å²) in [4.78, 5) is 27.6. The van der Waals surface area contributed by atoms with Crippen LogP contribution in [0.5, 0.6) is 0 Å². The van der Waals surface area contributed by atoms with Crippen LogP contribution in [0.4, 0.5) is 5.69 Å². The lowest BCUT2D eigenvalue weighted by Gasteiger charge is -2.07. The van der Waals surface area contributed by atoms with Crippen LogP contribution in [0.3, 0.4) is 0 Å². The summed E-state index contributed by atoms with van der Waals surface area (Å²) in [5.74, 6) is -0.842. The summed E-state index contributed by atoms with van der Waals surface area (Å²) in [5, 5.41) is 4.01. The summed E-state index contributed by atoms with van der Waals surface area (Å²) in [6.07, 6.45) is 0. The predicted molar refractivity (Wildman–Crippen MR) is 93.7 cm³/mol. The van der Waals surface area contributed by atoms with Gasteiger partial charge in [0, 0.05) is 21.5 Å². The molecule has 0 aliphatic carbocycles. The molecule has 24 heavy (non-hydrogen) atoms. The zero-order chi connectivity index (χ0) is 17.1. The van der Waals surface area contributed by atoms with E-state index < -0.39 is 5.97 Å². The molecule has 0 unspecified atom stereocenters. The molecule has 0 atom stereocenters. The quantitative estimate of drug-likeness (QED) is 0.696. The van der Waals surface area contributed by atoms with E-state index >= 15 is 0 Å². The Morgan fingerprint density at radius 2 is 1.92 bits per heavy atom. The molecule has 6 heteroatoms. The molecule has 0 spiro atoms. The molecule has 0 saturated carbocycles. The van der Waals surface area contributed by atoms with Crippen molar-refractivity contribution in [2.75, 3.05) is 11.9 Å². The van der Waals surface area contributed by atoms with E-state index in [0.29, 0.717) is 27.2 Å². The van der Waals surface area contributed by atoms with Crippen LogP contribution in [-0.4, -0.2) is 23.5 Å². The van der Waals surface area contributed by atoms with Gasteiger partial charge in [-0.2, -0.15) is 0 Å². The zero-order valence-electron chi connectivity index (χ0n) is 12.9. The van der Waals surface area contributed by atoms with Crippen LogP contribution < -0.4 is 5.32 Å². The fraction of sp³-hybridized carbons (Fsp3) is 0.111. The van der Waals surface area contributed by atoms with Gasteiger partial charge in [0.25, 0.3) is 5.91 Å². The normalized spacial score (nSPS) is 10.6. The van der Waals surface area contributed by atoms with E-state index in [1.807, 2.05) is 6.07 Å². The molecule has 2 N–H and O–H groups in total. The number of halogens is 1. The molecule has 0 fully saturated rings. The SMILES string of the molecule is CCOC(=O)c1[nH]c2cc(Cl)ccc2c1NC(=O)c1ccccc1. The van der Waals surface area contributed by atoms with E-state index in [1.54, 1.807) is 49.4 Å². The topological polar surface area (TPSA) is 71.2 Å². The van der Waals surface area contributed by atoms with Crippen molar-refractivity contribution in [3.8, 4) is 0 Å². The number of rotatable bonds is 4. The van der Waals surface area contributed by atoms with Gasteiger partial charge in [0.2, 0.25) is 0 Å². The molecule has 3 rings (SSSR count). The Bertz CT molecular complexity index is 903. The minimum absolute atomic E-state index is 0.193. The Morgan fingerprint density at radius 3 is 2.62 bits per heavy atom. The first-order valence-corrected chi connectivity index (χ1v) is 7.82. The number of hydrogen-bond acceptors (Lipinski definition) is 3. The third-order valence-electron chi connectivity index (χ3n) is 3.51. The molecule has 0 bridgehead atoms. The highest BCUT2D eigenvalue weighted by Gasteiger charge is 2.21. The van der Waals surface area contributed by atoms with Gasteiger partial charge in [-0.3, -0.25) is 4.79 Å². The first-order chi connectivity index (χ1) is 11.6. The van der Waals surface area contributed by atoms with Crippen molar-refractivity contribution in [2.24, 2.45) is 0 Å². The lowest BCUT2D eigenvalue weighted by molar-refractivity contribution is 0.0522. The van der Waals surface area contributed by atoms with Gasteiger partial charge in [-0.25, -0.2) is 4.79 Å². The number of anilines is 1. The number of benzene rings is 2. The highest BCUT2D eigenvalue weighted by molar-refractivity contribution is 6.31. The van der Waals surface area contributed by atoms with Crippen molar-refractivity contribution >= 4 is 40.1 Å². The highest BCUT2D eigenvalue weighted by atomic mass is 35.5. The second-order valence-electron chi connectivity index (χ2n) is 5.11. The lowest BCUT2D eigenvalue weighted by Crippen LogP contribution is -2.15. The second kappa shape index (κ2) is 6.76. The van der Waals surface area contributed by atoms with Crippen LogP contribution in [0.1, 0.15) is 27.8 Å². The van der Waals surface area contributed by atoms with Crippen molar-refractivity contribution < 1.29 is 14.3 Å². The van der Waals surface area contributed by atoms with Gasteiger partial charge in [-0.15, -0.1) is 0 Å². The number of carbonyl (C=O) groups excluding carboxylic acids is 2. The van der Waals surface area contributed by atoms with E-state index in [9.17, 15) is 9.59 Å². The second-order valence-corrected chi connectivity index (χ2v) is 5.54. The lowest BCUT2D eigenvalue weighted by atomic mass is 10.2. The number of fused-ring (bicyclic) bond motifs is 1. The van der Waals surface area contributed by atoms with Crippen LogP contribution in [0, 0.1) is 0 Å². The molecule has 2 aromatic carbocycles. The maximum absolute atomic E-state index is 12.5. The number of amides is 1. The Balaban J connectivity index is 2.05. The van der Waals surface area contributed by atoms with Crippen molar-refractivity contribution in [3.05, 3.63) is 64.8 Å². The summed E-state index contributed by atoms with van der Waals surface area (Å²) >= 11 is 6.00. The number of nitrogens with one attached hydrogen (secondary N) is 2. The minimum Gasteiger partial charge on any atom is -0.461 e. The number of aromatic amines is 1. The molecule has 122 valence electrons. The standard InChI is InChI=1S/C18H15ClN2O3/c1-2-24-18(23)16-15(13-9-8-12(19)10-14(13)20-16)21-17(22)11-6-4-3-5-7-11/h3-10,20H,2H2,1H3,(H,21,22). The average molecular weight is 343 g/mol. The fourth-order valence-corrected chi connectivity index (χ4v) is 2.60. The molecule has 1 aromatic heterocycles. The summed E-state index contributed by atoms with van der Waals surface area (Å²) in [6.45, 7) is 1.96. The minimum atomic E-state index is -0.534. The number of carbonyl (C=O) groups is 2. The molecule has 1 heterocycles. The van der Waals surface area contributed by atoms with E-state index in [2.05, 4.69) is 10.3 Å². The molecular weight excluding hydrogens is 328 g/mol. The molecule has 1 amide bonds. The Hall–Kier alpha value is -2.79. The predicted octanol–water partition coefficient (Wildman–Crippen LogP) is 4.25. The molecule has 5 nitrogen and oxygen atoms in total. The van der Waals surface area contributed by atoms with Crippen molar-refractivity contribution in [1.29, 1.82) is 0 Å². The number of hydrogen-bond donors (Lipinski definition) is 2. The molecule has 0 aliphatic rings. The van der Waals surface area contributed by atoms with Crippen LogP contribution in [0.2, 0.25) is 5.02 Å². The largest absolute Gasteiger partial charge is 0.461 e. The van der Waals surface area contributed by atoms with Gasteiger partial charge in [0.05, 0.1) is 12.3 Å². The molecule has 0 radical (unpaired) electrons. The maximum Gasteiger partial charge on any atom is 0.356 e. The maximum atomic E-state index is 12.5. The fourth-order valence-electron chi connectivity index (χ4n) is 2.43. The van der Waals surface area contributed by atoms with Gasteiger partial charge < -0.3 is 15.0 Å². The van der Waals surface area contributed by atoms with Crippen LogP contribution in [0.25, 0.3) is 10.9 Å². The number of aromatic nitrogens is 1. The first-order valence-electron chi connectivity index (χ1n) is 7.45. The monoisotopic (exact) mass is 342 g/mol. The third-order valence-corrected chi connectivity index (χ3v) is 3.75. The van der Waals surface area contributed by atoms with Crippen molar-refractivity contribution in [1.82, 2.24) is 4.98 Å². The summed E-state index contributed by atoms with van der Waals surface area (Å²) < 4.78 is 5.06. The smallest absolute Gasteiger partial charge is 0.356 e. The van der Waals surface area contributed by atoms with Crippen molar-refractivity contribution in [2.45, 2.75) is 6.92 Å². The van der Waals surface area contributed by atoms with Crippen LogP contribution in [-0.2, 0) is 4.74 Å². The average Bonchev–Trinajstić information content (AvgIpc) is 2.93. The van der Waals surface area contributed by atoms with Crippen LogP contribution >= 0.6 is 11.6 Å². The van der Waals surface area contributed by atoms with Crippen molar-refractivity contribution in [3.63, 3.8) is 0 Å².